The lowest BCUT2D eigenvalue weighted by atomic mass is 9.68. The van der Waals surface area contributed by atoms with E-state index in [-0.39, 0.29) is 11.2 Å². The predicted octanol–water partition coefficient (Wildman–Crippen LogP) is 11.6. The maximum Gasteiger partial charge on any atom is 0.0703 e. The first-order valence-electron chi connectivity index (χ1n) is 21.8. The number of unbranched alkanes of at least 4 members (excludes halogenated alkanes) is 4. The number of allylic oxidation sites excluding steroid dienone is 4. The van der Waals surface area contributed by atoms with Crippen LogP contribution in [0.2, 0.25) is 0 Å². The Morgan fingerprint density at radius 2 is 1.21 bits per heavy atom. The summed E-state index contributed by atoms with van der Waals surface area (Å²) in [5.74, 6) is 11.5. The van der Waals surface area contributed by atoms with E-state index in [9.17, 15) is 10.2 Å². The van der Waals surface area contributed by atoms with Gasteiger partial charge in [0.1, 0.15) is 0 Å². The number of hydrogen-bond acceptors (Lipinski definition) is 2. The van der Waals surface area contributed by atoms with Crippen LogP contribution in [0.25, 0.3) is 0 Å². The normalized spacial score (nSPS) is 41.1. The van der Waals surface area contributed by atoms with Crippen LogP contribution in [-0.4, -0.2) is 21.4 Å². The van der Waals surface area contributed by atoms with Crippen LogP contribution >= 0.6 is 0 Å². The van der Waals surface area contributed by atoms with Gasteiger partial charge in [0.05, 0.1) is 11.2 Å². The molecule has 0 spiro atoms. The van der Waals surface area contributed by atoms with E-state index < -0.39 is 0 Å². The van der Waals surface area contributed by atoms with Crippen molar-refractivity contribution >= 4 is 0 Å². The molecular weight excluding hydrogens is 572 g/mol. The van der Waals surface area contributed by atoms with Crippen molar-refractivity contribution in [2.24, 2.45) is 71.0 Å². The molecule has 2 heteroatoms. The topological polar surface area (TPSA) is 40.5 Å². The fraction of sp³-hybridized carbons (Fsp3) is 0.911. The minimum atomic E-state index is -0.303. The molecule has 0 heterocycles. The zero-order chi connectivity index (χ0) is 31.8. The summed E-state index contributed by atoms with van der Waals surface area (Å²) in [5.41, 5.74) is -0.572. The average molecular weight is 645 g/mol. The van der Waals surface area contributed by atoms with Crippen molar-refractivity contribution < 1.29 is 10.2 Å². The van der Waals surface area contributed by atoms with Gasteiger partial charge in [0, 0.05) is 0 Å². The second-order valence-electron chi connectivity index (χ2n) is 19.4. The lowest BCUT2D eigenvalue weighted by molar-refractivity contribution is -0.0747. The van der Waals surface area contributed by atoms with Gasteiger partial charge in [-0.15, -0.1) is 0 Å². The molecule has 264 valence electrons. The molecule has 6 bridgehead atoms. The molecule has 47 heavy (non-hydrogen) atoms. The first-order chi connectivity index (χ1) is 23.0. The third-order valence-corrected chi connectivity index (χ3v) is 16.9. The van der Waals surface area contributed by atoms with Gasteiger partial charge >= 0.3 is 0 Å². The summed E-state index contributed by atoms with van der Waals surface area (Å²) in [4.78, 5) is 0. The molecule has 9 rings (SSSR count). The summed E-state index contributed by atoms with van der Waals surface area (Å²) < 4.78 is 0. The second kappa shape index (κ2) is 14.6. The van der Waals surface area contributed by atoms with E-state index in [4.69, 9.17) is 0 Å². The highest BCUT2D eigenvalue weighted by molar-refractivity contribution is 5.20. The van der Waals surface area contributed by atoms with Gasteiger partial charge in [0.25, 0.3) is 0 Å². The number of fused-ring (bicyclic) bond motifs is 11. The Hall–Kier alpha value is -0.600. The van der Waals surface area contributed by atoms with Crippen molar-refractivity contribution in [1.82, 2.24) is 0 Å². The van der Waals surface area contributed by atoms with Gasteiger partial charge in [-0.2, -0.15) is 0 Å². The minimum Gasteiger partial charge on any atom is -0.390 e. The van der Waals surface area contributed by atoms with Crippen molar-refractivity contribution in [3.05, 3.63) is 24.3 Å². The molecule has 0 aliphatic heterocycles. The standard InChI is InChI=1S/C23H38O.C22H34O/c24-23(21-9-3-4-10-21,22-11-5-6-12-22)15-7-1-2-8-19-16-18-13-14-20(19)17-18;23-22(10-4-5-11-22)9-3-1-2-6-15-12-18-14-19(15)21-17-8-7-16(13-17)20(18)21/h13-14,18-22,24H,1-12,15-17H2;7-8,15-21,23H,1-6,9-14H2. The van der Waals surface area contributed by atoms with Crippen LogP contribution in [0.15, 0.2) is 24.3 Å². The van der Waals surface area contributed by atoms with Crippen LogP contribution < -0.4 is 0 Å². The van der Waals surface area contributed by atoms with Crippen LogP contribution in [0.5, 0.6) is 0 Å². The molecule has 0 amide bonds. The Balaban J connectivity index is 0.000000138. The molecule has 10 unspecified atom stereocenters. The Kier molecular flexibility index (Phi) is 10.4. The van der Waals surface area contributed by atoms with Crippen LogP contribution in [0, 0.1) is 71.0 Å². The molecule has 0 saturated heterocycles. The van der Waals surface area contributed by atoms with E-state index in [1.807, 2.05) is 0 Å². The first-order valence-corrected chi connectivity index (χ1v) is 21.8. The molecule has 0 aromatic heterocycles. The van der Waals surface area contributed by atoms with Gasteiger partial charge in [-0.05, 0) is 161 Å². The Morgan fingerprint density at radius 3 is 1.87 bits per heavy atom. The van der Waals surface area contributed by atoms with E-state index >= 15 is 0 Å². The third kappa shape index (κ3) is 7.02. The maximum atomic E-state index is 11.6. The van der Waals surface area contributed by atoms with Gasteiger partial charge in [0.15, 0.2) is 0 Å². The lowest BCUT2D eigenvalue weighted by Gasteiger charge is -2.40. The Bertz CT molecular complexity index is 1060. The summed E-state index contributed by atoms with van der Waals surface area (Å²) in [7, 11) is 0. The minimum absolute atomic E-state index is 0.269. The van der Waals surface area contributed by atoms with Crippen LogP contribution in [0.3, 0.4) is 0 Å². The van der Waals surface area contributed by atoms with Crippen LogP contribution in [0.1, 0.15) is 173 Å². The van der Waals surface area contributed by atoms with E-state index in [0.717, 1.165) is 84.9 Å². The summed E-state index contributed by atoms with van der Waals surface area (Å²) in [6.07, 6.45) is 46.1. The predicted molar refractivity (Wildman–Crippen MR) is 195 cm³/mol. The first kappa shape index (κ1) is 33.5. The van der Waals surface area contributed by atoms with Gasteiger partial charge in [-0.25, -0.2) is 0 Å². The smallest absolute Gasteiger partial charge is 0.0703 e. The molecular formula is C45H72O2. The molecule has 0 radical (unpaired) electrons. The molecule has 9 aliphatic carbocycles. The SMILES string of the molecule is OC(CCCCCC1CC2C=CC1C2)(C1CCCC1)C1CCCC1.OC1(CCCCCC2CC3CC2C2C4C=CC(C4)C32)CCCC1. The third-order valence-electron chi connectivity index (χ3n) is 16.9. The molecule has 10 atom stereocenters. The molecule has 2 nitrogen and oxygen atoms in total. The van der Waals surface area contributed by atoms with Crippen molar-refractivity contribution in [1.29, 1.82) is 0 Å². The highest BCUT2D eigenvalue weighted by Gasteiger charge is 2.60. The molecule has 2 N–H and O–H groups in total. The van der Waals surface area contributed by atoms with E-state index in [1.54, 1.807) is 12.8 Å². The molecule has 9 aliphatic rings. The van der Waals surface area contributed by atoms with Crippen LogP contribution in [-0.2, 0) is 0 Å². The molecule has 0 aromatic rings. The summed E-state index contributed by atoms with van der Waals surface area (Å²) >= 11 is 0. The molecule has 0 aromatic carbocycles. The largest absolute Gasteiger partial charge is 0.390 e. The zero-order valence-electron chi connectivity index (χ0n) is 30.2. The van der Waals surface area contributed by atoms with Crippen molar-refractivity contribution in [2.75, 3.05) is 0 Å². The summed E-state index contributed by atoms with van der Waals surface area (Å²) in [6.45, 7) is 0. The zero-order valence-corrected chi connectivity index (χ0v) is 30.2. The van der Waals surface area contributed by atoms with Crippen LogP contribution in [0.4, 0.5) is 0 Å². The summed E-state index contributed by atoms with van der Waals surface area (Å²) in [5, 5.41) is 22.0. The Labute approximate surface area is 289 Å². The number of hydrogen-bond donors (Lipinski definition) is 2. The number of aliphatic hydroxyl groups is 2. The fourth-order valence-corrected chi connectivity index (χ4v) is 14.6. The van der Waals surface area contributed by atoms with E-state index in [0.29, 0.717) is 11.8 Å². The van der Waals surface area contributed by atoms with E-state index in [2.05, 4.69) is 24.3 Å². The van der Waals surface area contributed by atoms with Crippen molar-refractivity contribution in [3.63, 3.8) is 0 Å². The lowest BCUT2D eigenvalue weighted by Crippen LogP contribution is -2.43. The molecule has 7 saturated carbocycles. The number of rotatable bonds is 14. The van der Waals surface area contributed by atoms with Crippen molar-refractivity contribution in [2.45, 2.75) is 185 Å². The average Bonchev–Trinajstić information content (AvgIpc) is 3.94. The monoisotopic (exact) mass is 645 g/mol. The Morgan fingerprint density at radius 1 is 0.574 bits per heavy atom. The highest BCUT2D eigenvalue weighted by Crippen LogP contribution is 2.67. The van der Waals surface area contributed by atoms with Gasteiger partial charge < -0.3 is 10.2 Å². The quantitative estimate of drug-likeness (QED) is 0.112. The second-order valence-corrected chi connectivity index (χ2v) is 19.4. The summed E-state index contributed by atoms with van der Waals surface area (Å²) in [6, 6.07) is 0. The van der Waals surface area contributed by atoms with Gasteiger partial charge in [0.2, 0.25) is 0 Å². The molecule has 7 fully saturated rings. The fourth-order valence-electron chi connectivity index (χ4n) is 14.6. The van der Waals surface area contributed by atoms with Gasteiger partial charge in [-0.3, -0.25) is 0 Å². The maximum absolute atomic E-state index is 11.6. The van der Waals surface area contributed by atoms with E-state index in [1.165, 1.54) is 135 Å². The van der Waals surface area contributed by atoms with Gasteiger partial charge in [-0.1, -0.05) is 108 Å². The highest BCUT2D eigenvalue weighted by atomic mass is 16.3. The van der Waals surface area contributed by atoms with Crippen molar-refractivity contribution in [3.8, 4) is 0 Å².